The number of amides is 2. The van der Waals surface area contributed by atoms with Crippen LogP contribution in [0, 0.1) is 0 Å². The second-order valence-corrected chi connectivity index (χ2v) is 4.86. The number of nitrogens with zero attached hydrogens (tertiary/aromatic N) is 1. The summed E-state index contributed by atoms with van der Waals surface area (Å²) in [5.74, 6) is -1.61. The zero-order valence-corrected chi connectivity index (χ0v) is 9.62. The van der Waals surface area contributed by atoms with Crippen LogP contribution in [-0.2, 0) is 16.1 Å². The normalized spacial score (nSPS) is 16.9. The molecular formula is C10H10N2O4S. The third kappa shape index (κ3) is 2.89. The minimum Gasteiger partial charge on any atom is -0.477 e. The fraction of sp³-hybridized carbons (Fsp3) is 0.300. The minimum atomic E-state index is -0.964. The number of hydrogen-bond donors (Lipinski definition) is 2. The molecule has 0 atom stereocenters. The fourth-order valence-corrected chi connectivity index (χ4v) is 2.50. The molecule has 1 aromatic rings. The van der Waals surface area contributed by atoms with Crippen molar-refractivity contribution in [2.24, 2.45) is 0 Å². The van der Waals surface area contributed by atoms with E-state index in [4.69, 9.17) is 5.11 Å². The van der Waals surface area contributed by atoms with Crippen molar-refractivity contribution in [3.63, 3.8) is 0 Å². The van der Waals surface area contributed by atoms with E-state index in [-0.39, 0.29) is 29.8 Å². The van der Waals surface area contributed by atoms with Crippen molar-refractivity contribution in [3.8, 4) is 0 Å². The first-order valence-electron chi connectivity index (χ1n) is 4.91. The summed E-state index contributed by atoms with van der Waals surface area (Å²) in [5.41, 5.74) is 0. The van der Waals surface area contributed by atoms with Gasteiger partial charge in [-0.1, -0.05) is 0 Å². The van der Waals surface area contributed by atoms with Gasteiger partial charge in [0.25, 0.3) is 0 Å². The van der Waals surface area contributed by atoms with E-state index in [1.165, 1.54) is 6.07 Å². The van der Waals surface area contributed by atoms with Crippen molar-refractivity contribution >= 4 is 29.1 Å². The molecule has 1 aromatic heterocycles. The molecule has 17 heavy (non-hydrogen) atoms. The van der Waals surface area contributed by atoms with Crippen molar-refractivity contribution in [1.29, 1.82) is 0 Å². The van der Waals surface area contributed by atoms with Gasteiger partial charge in [-0.15, -0.1) is 11.3 Å². The molecule has 0 bridgehead atoms. The van der Waals surface area contributed by atoms with E-state index in [0.717, 1.165) is 16.2 Å². The Kier molecular flexibility index (Phi) is 3.21. The van der Waals surface area contributed by atoms with E-state index in [0.29, 0.717) is 6.54 Å². The number of aromatic carboxylic acids is 1. The van der Waals surface area contributed by atoms with Crippen molar-refractivity contribution < 1.29 is 19.5 Å². The zero-order valence-electron chi connectivity index (χ0n) is 8.80. The molecule has 2 heterocycles. The summed E-state index contributed by atoms with van der Waals surface area (Å²) in [6.07, 6.45) is 0. The lowest BCUT2D eigenvalue weighted by Crippen LogP contribution is -2.50. The van der Waals surface area contributed by atoms with Crippen LogP contribution in [0.1, 0.15) is 14.5 Å². The summed E-state index contributed by atoms with van der Waals surface area (Å²) < 4.78 is 0. The third-order valence-electron chi connectivity index (χ3n) is 2.27. The molecule has 0 unspecified atom stereocenters. The van der Waals surface area contributed by atoms with Gasteiger partial charge in [0.05, 0.1) is 13.1 Å². The van der Waals surface area contributed by atoms with Gasteiger partial charge < -0.3 is 5.11 Å². The number of rotatable bonds is 3. The van der Waals surface area contributed by atoms with Crippen LogP contribution in [0.15, 0.2) is 12.1 Å². The number of carboxylic acid groups (broad SMARTS) is 1. The number of carboxylic acids is 1. The second kappa shape index (κ2) is 4.64. The van der Waals surface area contributed by atoms with Gasteiger partial charge in [0.2, 0.25) is 11.8 Å². The Morgan fingerprint density at radius 2 is 2.00 bits per heavy atom. The Bertz CT molecular complexity index is 466. The van der Waals surface area contributed by atoms with Crippen LogP contribution in [0.4, 0.5) is 0 Å². The van der Waals surface area contributed by atoms with Crippen molar-refractivity contribution in [3.05, 3.63) is 21.9 Å². The van der Waals surface area contributed by atoms with E-state index in [9.17, 15) is 14.4 Å². The van der Waals surface area contributed by atoms with Crippen LogP contribution in [0.2, 0.25) is 0 Å². The van der Waals surface area contributed by atoms with Crippen LogP contribution in [0.25, 0.3) is 0 Å². The molecule has 1 aliphatic rings. The summed E-state index contributed by atoms with van der Waals surface area (Å²) >= 11 is 1.15. The molecule has 0 spiro atoms. The first-order chi connectivity index (χ1) is 8.04. The van der Waals surface area contributed by atoms with E-state index in [1.54, 1.807) is 11.0 Å². The highest BCUT2D eigenvalue weighted by molar-refractivity contribution is 7.13. The molecule has 0 aromatic carbocycles. The lowest BCUT2D eigenvalue weighted by molar-refractivity contribution is -0.136. The van der Waals surface area contributed by atoms with Gasteiger partial charge in [0.1, 0.15) is 4.88 Å². The standard InChI is InChI=1S/C10H10N2O4S/c13-8-4-12(5-9(14)11-8)3-6-1-2-7(17-6)10(15)16/h1-2H,3-5H2,(H,15,16)(H,11,13,14). The summed E-state index contributed by atoms with van der Waals surface area (Å²) in [4.78, 5) is 35.7. The molecule has 2 amide bonds. The third-order valence-corrected chi connectivity index (χ3v) is 3.32. The second-order valence-electron chi connectivity index (χ2n) is 3.69. The number of carbonyl (C=O) groups excluding carboxylic acids is 2. The van der Waals surface area contributed by atoms with Crippen LogP contribution in [0.5, 0.6) is 0 Å². The summed E-state index contributed by atoms with van der Waals surface area (Å²) in [5, 5.41) is 11.0. The Morgan fingerprint density at radius 1 is 1.35 bits per heavy atom. The van der Waals surface area contributed by atoms with Crippen LogP contribution in [0.3, 0.4) is 0 Å². The molecule has 0 saturated carbocycles. The summed E-state index contributed by atoms with van der Waals surface area (Å²) in [7, 11) is 0. The number of nitrogens with one attached hydrogen (secondary N) is 1. The van der Waals surface area contributed by atoms with Gasteiger partial charge in [-0.25, -0.2) is 4.79 Å². The molecule has 0 radical (unpaired) electrons. The largest absolute Gasteiger partial charge is 0.477 e. The van der Waals surface area contributed by atoms with E-state index >= 15 is 0 Å². The molecule has 1 aliphatic heterocycles. The van der Waals surface area contributed by atoms with Crippen LogP contribution in [-0.4, -0.2) is 40.9 Å². The Morgan fingerprint density at radius 3 is 2.53 bits per heavy atom. The molecular weight excluding hydrogens is 244 g/mol. The van der Waals surface area contributed by atoms with Gasteiger partial charge in [0, 0.05) is 11.4 Å². The highest BCUT2D eigenvalue weighted by Gasteiger charge is 2.22. The maximum absolute atomic E-state index is 11.1. The van der Waals surface area contributed by atoms with E-state index < -0.39 is 5.97 Å². The monoisotopic (exact) mass is 254 g/mol. The summed E-state index contributed by atoms with van der Waals surface area (Å²) in [6.45, 7) is 0.731. The fourth-order valence-electron chi connectivity index (χ4n) is 1.61. The summed E-state index contributed by atoms with van der Waals surface area (Å²) in [6, 6.07) is 3.22. The average Bonchev–Trinajstić information content (AvgIpc) is 2.64. The highest BCUT2D eigenvalue weighted by atomic mass is 32.1. The SMILES string of the molecule is O=C1CN(Cc2ccc(C(=O)O)s2)CC(=O)N1. The van der Waals surface area contributed by atoms with Gasteiger partial charge >= 0.3 is 5.97 Å². The molecule has 6 nitrogen and oxygen atoms in total. The topological polar surface area (TPSA) is 86.7 Å². The molecule has 2 rings (SSSR count). The van der Waals surface area contributed by atoms with Crippen LogP contribution < -0.4 is 5.32 Å². The molecule has 2 N–H and O–H groups in total. The Hall–Kier alpha value is -1.73. The smallest absolute Gasteiger partial charge is 0.345 e. The Balaban J connectivity index is 2.02. The highest BCUT2D eigenvalue weighted by Crippen LogP contribution is 2.18. The molecule has 7 heteroatoms. The maximum atomic E-state index is 11.1. The van der Waals surface area contributed by atoms with Gasteiger partial charge in [0.15, 0.2) is 0 Å². The number of piperazine rings is 1. The lowest BCUT2D eigenvalue weighted by Gasteiger charge is -2.24. The molecule has 0 aliphatic carbocycles. The van der Waals surface area contributed by atoms with E-state index in [2.05, 4.69) is 5.32 Å². The molecule has 90 valence electrons. The van der Waals surface area contributed by atoms with Gasteiger partial charge in [-0.05, 0) is 12.1 Å². The predicted octanol–water partition coefficient (Wildman–Crippen LogP) is -0.0953. The predicted molar refractivity (Wildman–Crippen MR) is 59.7 cm³/mol. The van der Waals surface area contributed by atoms with Crippen molar-refractivity contribution in [1.82, 2.24) is 10.2 Å². The first kappa shape index (κ1) is 11.7. The molecule has 1 fully saturated rings. The molecule has 1 saturated heterocycles. The average molecular weight is 254 g/mol. The minimum absolute atomic E-state index is 0.159. The van der Waals surface area contributed by atoms with Crippen molar-refractivity contribution in [2.75, 3.05) is 13.1 Å². The van der Waals surface area contributed by atoms with Gasteiger partial charge in [-0.3, -0.25) is 19.8 Å². The number of carbonyl (C=O) groups is 3. The number of hydrogen-bond acceptors (Lipinski definition) is 5. The van der Waals surface area contributed by atoms with Crippen molar-refractivity contribution in [2.45, 2.75) is 6.54 Å². The van der Waals surface area contributed by atoms with E-state index in [1.807, 2.05) is 0 Å². The number of imide groups is 1. The lowest BCUT2D eigenvalue weighted by atomic mass is 10.3. The van der Waals surface area contributed by atoms with Gasteiger partial charge in [-0.2, -0.15) is 0 Å². The zero-order chi connectivity index (χ0) is 12.4. The van der Waals surface area contributed by atoms with Crippen LogP contribution >= 0.6 is 11.3 Å². The first-order valence-corrected chi connectivity index (χ1v) is 5.73. The maximum Gasteiger partial charge on any atom is 0.345 e. The quantitative estimate of drug-likeness (QED) is 0.736. The number of thiophene rings is 1. The Labute approximate surface area is 101 Å².